The van der Waals surface area contributed by atoms with E-state index in [1.165, 1.54) is 40.8 Å². The summed E-state index contributed by atoms with van der Waals surface area (Å²) in [5.74, 6) is 0.191. The van der Waals surface area contributed by atoms with Crippen molar-refractivity contribution in [1.82, 2.24) is 19.3 Å². The SMILES string of the molecule is O=C(c1cnc2ccccn2c1=O)N1CCc2c([nH]c3ccccc23)[C@@H]1C1CCCCC1. The molecule has 162 valence electrons. The Morgan fingerprint density at radius 2 is 1.84 bits per heavy atom. The number of hydrogen-bond acceptors (Lipinski definition) is 3. The fourth-order valence-electron chi connectivity index (χ4n) is 5.77. The maximum atomic E-state index is 13.8. The molecule has 1 saturated carbocycles. The van der Waals surface area contributed by atoms with Crippen LogP contribution >= 0.6 is 0 Å². The number of aromatic nitrogens is 3. The number of hydrogen-bond donors (Lipinski definition) is 1. The van der Waals surface area contributed by atoms with Crippen LogP contribution in [0.1, 0.15) is 59.8 Å². The van der Waals surface area contributed by atoms with Gasteiger partial charge in [0.1, 0.15) is 11.2 Å². The highest BCUT2D eigenvalue weighted by atomic mass is 16.2. The Bertz CT molecular complexity index is 1380. The molecule has 6 heteroatoms. The lowest BCUT2D eigenvalue weighted by atomic mass is 9.79. The zero-order chi connectivity index (χ0) is 21.7. The second-order valence-corrected chi connectivity index (χ2v) is 9.06. The molecule has 1 N–H and O–H groups in total. The molecule has 0 radical (unpaired) electrons. The zero-order valence-corrected chi connectivity index (χ0v) is 18.0. The summed E-state index contributed by atoms with van der Waals surface area (Å²) < 4.78 is 1.46. The van der Waals surface area contributed by atoms with Crippen LogP contribution in [-0.4, -0.2) is 31.7 Å². The lowest BCUT2D eigenvalue weighted by Crippen LogP contribution is -2.45. The van der Waals surface area contributed by atoms with Gasteiger partial charge in [0, 0.05) is 35.5 Å². The fourth-order valence-corrected chi connectivity index (χ4v) is 5.77. The lowest BCUT2D eigenvalue weighted by molar-refractivity contribution is 0.0531. The van der Waals surface area contributed by atoms with Gasteiger partial charge in [0.2, 0.25) is 0 Å². The molecule has 1 fully saturated rings. The smallest absolute Gasteiger partial charge is 0.270 e. The summed E-state index contributed by atoms with van der Waals surface area (Å²) in [6.07, 6.45) is 9.78. The molecular formula is C26H26N4O2. The quantitative estimate of drug-likeness (QED) is 0.513. The Labute approximate surface area is 185 Å². The van der Waals surface area contributed by atoms with E-state index in [1.54, 1.807) is 18.3 Å². The maximum Gasteiger partial charge on any atom is 0.270 e. The topological polar surface area (TPSA) is 70.5 Å². The Kier molecular flexibility index (Phi) is 4.59. The Hall–Kier alpha value is -3.41. The van der Waals surface area contributed by atoms with Crippen LogP contribution in [0.25, 0.3) is 16.6 Å². The molecule has 0 unspecified atom stereocenters. The number of nitrogens with one attached hydrogen (secondary N) is 1. The molecule has 3 aromatic heterocycles. The van der Waals surface area contributed by atoms with Gasteiger partial charge < -0.3 is 9.88 Å². The second-order valence-electron chi connectivity index (χ2n) is 9.06. The molecule has 1 amide bonds. The molecule has 0 spiro atoms. The number of pyridine rings is 1. The highest BCUT2D eigenvalue weighted by molar-refractivity contribution is 5.95. The van der Waals surface area contributed by atoms with Crippen molar-refractivity contribution in [2.75, 3.05) is 6.54 Å². The summed E-state index contributed by atoms with van der Waals surface area (Å²) in [4.78, 5) is 36.9. The molecule has 1 atom stereocenters. The summed E-state index contributed by atoms with van der Waals surface area (Å²) in [5, 5.41) is 1.25. The number of carbonyl (C=O) groups is 1. The van der Waals surface area contributed by atoms with Gasteiger partial charge in [0.05, 0.1) is 6.04 Å². The average molecular weight is 427 g/mol. The van der Waals surface area contributed by atoms with E-state index in [4.69, 9.17) is 0 Å². The maximum absolute atomic E-state index is 13.8. The van der Waals surface area contributed by atoms with E-state index < -0.39 is 0 Å². The third-order valence-electron chi connectivity index (χ3n) is 7.28. The van der Waals surface area contributed by atoms with Crippen molar-refractivity contribution in [2.45, 2.75) is 44.6 Å². The number of amides is 1. The lowest BCUT2D eigenvalue weighted by Gasteiger charge is -2.41. The minimum atomic E-state index is -0.301. The molecule has 6 rings (SSSR count). The first-order valence-electron chi connectivity index (χ1n) is 11.6. The standard InChI is InChI=1S/C26H26N4O2/c31-25-20(16-27-22-12-6-7-14-29(22)25)26(32)30-15-13-19-18-10-4-5-11-21(18)28-23(19)24(30)17-8-2-1-3-9-17/h4-7,10-12,14,16-17,24,28H,1-3,8-9,13,15H2/t24-/m0/s1. The molecule has 2 aliphatic rings. The van der Waals surface area contributed by atoms with Crippen LogP contribution in [0.5, 0.6) is 0 Å². The first kappa shape index (κ1) is 19.3. The molecule has 1 aliphatic carbocycles. The molecule has 32 heavy (non-hydrogen) atoms. The van der Waals surface area contributed by atoms with Gasteiger partial charge in [-0.3, -0.25) is 14.0 Å². The van der Waals surface area contributed by atoms with Crippen LogP contribution < -0.4 is 5.56 Å². The van der Waals surface area contributed by atoms with Crippen LogP contribution in [0, 0.1) is 5.92 Å². The number of para-hydroxylation sites is 1. The van der Waals surface area contributed by atoms with Crippen molar-refractivity contribution in [2.24, 2.45) is 5.92 Å². The number of rotatable bonds is 2. The van der Waals surface area contributed by atoms with Crippen LogP contribution in [0.15, 0.2) is 59.7 Å². The van der Waals surface area contributed by atoms with Gasteiger partial charge in [0.15, 0.2) is 0 Å². The minimum Gasteiger partial charge on any atom is -0.356 e. The number of aromatic amines is 1. The number of nitrogens with zero attached hydrogens (tertiary/aromatic N) is 3. The third kappa shape index (κ3) is 2.97. The van der Waals surface area contributed by atoms with Gasteiger partial charge in [-0.05, 0) is 48.9 Å². The van der Waals surface area contributed by atoms with Crippen LogP contribution in [0.4, 0.5) is 0 Å². The second kappa shape index (κ2) is 7.62. The predicted octanol–water partition coefficient (Wildman–Crippen LogP) is 4.50. The van der Waals surface area contributed by atoms with Crippen molar-refractivity contribution >= 4 is 22.5 Å². The van der Waals surface area contributed by atoms with Crippen LogP contribution in [0.3, 0.4) is 0 Å². The molecule has 1 aromatic carbocycles. The molecule has 0 bridgehead atoms. The fraction of sp³-hybridized carbons (Fsp3) is 0.346. The number of H-pyrrole nitrogens is 1. The summed E-state index contributed by atoms with van der Waals surface area (Å²) in [5.41, 5.74) is 4.01. The summed E-state index contributed by atoms with van der Waals surface area (Å²) in [6.45, 7) is 0.617. The van der Waals surface area contributed by atoms with Crippen LogP contribution in [-0.2, 0) is 6.42 Å². The molecule has 4 heterocycles. The molecule has 6 nitrogen and oxygen atoms in total. The van der Waals surface area contributed by atoms with Crippen molar-refractivity contribution in [3.63, 3.8) is 0 Å². The van der Waals surface area contributed by atoms with Gasteiger partial charge in [0.25, 0.3) is 11.5 Å². The summed E-state index contributed by atoms with van der Waals surface area (Å²) in [6, 6.07) is 13.8. The Morgan fingerprint density at radius 3 is 2.72 bits per heavy atom. The highest BCUT2D eigenvalue weighted by Crippen LogP contribution is 2.44. The average Bonchev–Trinajstić information content (AvgIpc) is 3.23. The first-order valence-corrected chi connectivity index (χ1v) is 11.6. The zero-order valence-electron chi connectivity index (χ0n) is 18.0. The third-order valence-corrected chi connectivity index (χ3v) is 7.28. The van der Waals surface area contributed by atoms with Gasteiger partial charge >= 0.3 is 0 Å². The van der Waals surface area contributed by atoms with Gasteiger partial charge in [-0.25, -0.2) is 4.98 Å². The van der Waals surface area contributed by atoms with E-state index in [9.17, 15) is 9.59 Å². The first-order chi connectivity index (χ1) is 15.7. The van der Waals surface area contributed by atoms with Gasteiger partial charge in [-0.2, -0.15) is 0 Å². The van der Waals surface area contributed by atoms with Crippen LogP contribution in [0.2, 0.25) is 0 Å². The monoisotopic (exact) mass is 426 g/mol. The van der Waals surface area contributed by atoms with E-state index in [0.29, 0.717) is 18.1 Å². The van der Waals surface area contributed by atoms with Gasteiger partial charge in [-0.1, -0.05) is 43.5 Å². The number of fused-ring (bicyclic) bond motifs is 4. The van der Waals surface area contributed by atoms with E-state index in [2.05, 4.69) is 28.2 Å². The Morgan fingerprint density at radius 1 is 1.03 bits per heavy atom. The number of carbonyl (C=O) groups excluding carboxylic acids is 1. The summed E-state index contributed by atoms with van der Waals surface area (Å²) in [7, 11) is 0. The number of benzene rings is 1. The normalized spacial score (nSPS) is 19.4. The van der Waals surface area contributed by atoms with Crippen molar-refractivity contribution in [1.29, 1.82) is 0 Å². The van der Waals surface area contributed by atoms with E-state index in [0.717, 1.165) is 30.5 Å². The largest absolute Gasteiger partial charge is 0.356 e. The highest BCUT2D eigenvalue weighted by Gasteiger charge is 2.39. The molecular weight excluding hydrogens is 400 g/mol. The molecule has 4 aromatic rings. The predicted molar refractivity (Wildman–Crippen MR) is 124 cm³/mol. The minimum absolute atomic E-state index is 0.0326. The van der Waals surface area contributed by atoms with E-state index in [-0.39, 0.29) is 23.1 Å². The van der Waals surface area contributed by atoms with E-state index >= 15 is 0 Å². The van der Waals surface area contributed by atoms with Gasteiger partial charge in [-0.15, -0.1) is 0 Å². The van der Waals surface area contributed by atoms with Crippen molar-refractivity contribution in [3.05, 3.63) is 82.0 Å². The molecule has 1 aliphatic heterocycles. The van der Waals surface area contributed by atoms with E-state index in [1.807, 2.05) is 17.0 Å². The summed E-state index contributed by atoms with van der Waals surface area (Å²) >= 11 is 0. The Balaban J connectivity index is 1.47. The van der Waals surface area contributed by atoms with Crippen molar-refractivity contribution < 1.29 is 4.79 Å². The molecule has 0 saturated heterocycles. The van der Waals surface area contributed by atoms with Crippen molar-refractivity contribution in [3.8, 4) is 0 Å².